The summed E-state index contributed by atoms with van der Waals surface area (Å²) in [7, 11) is 0. The van der Waals surface area contributed by atoms with E-state index < -0.39 is 0 Å². The average Bonchev–Trinajstić information content (AvgIpc) is 2.57. The number of hydrazine groups is 1. The molecule has 0 aliphatic heterocycles. The molecular weight excluding hydrogens is 272 g/mol. The third-order valence-corrected chi connectivity index (χ3v) is 4.03. The third-order valence-electron chi connectivity index (χ3n) is 4.03. The Kier molecular flexibility index (Phi) is 9.24. The van der Waals surface area contributed by atoms with E-state index in [4.69, 9.17) is 0 Å². The summed E-state index contributed by atoms with van der Waals surface area (Å²) in [6.45, 7) is 8.23. The predicted molar refractivity (Wildman–Crippen MR) is 93.6 cm³/mol. The lowest BCUT2D eigenvalue weighted by atomic mass is 9.96. The molecule has 1 aromatic carbocycles. The quantitative estimate of drug-likeness (QED) is 0.360. The lowest BCUT2D eigenvalue weighted by Gasteiger charge is -2.23. The zero-order chi connectivity index (χ0) is 16.2. The molecule has 3 heteroatoms. The number of carbonyl (C=O) groups is 1. The lowest BCUT2D eigenvalue weighted by molar-refractivity contribution is 0.0919. The Hall–Kier alpha value is -1.61. The van der Waals surface area contributed by atoms with E-state index in [9.17, 15) is 4.79 Å². The zero-order valence-electron chi connectivity index (χ0n) is 14.0. The van der Waals surface area contributed by atoms with Gasteiger partial charge in [-0.3, -0.25) is 10.2 Å². The van der Waals surface area contributed by atoms with Crippen LogP contribution in [-0.4, -0.2) is 11.9 Å². The van der Waals surface area contributed by atoms with E-state index in [2.05, 4.69) is 31.3 Å². The van der Waals surface area contributed by atoms with Crippen molar-refractivity contribution < 1.29 is 4.79 Å². The van der Waals surface area contributed by atoms with Gasteiger partial charge in [-0.2, -0.15) is 0 Å². The smallest absolute Gasteiger partial charge is 0.265 e. The van der Waals surface area contributed by atoms with Crippen LogP contribution >= 0.6 is 0 Å². The zero-order valence-corrected chi connectivity index (χ0v) is 14.0. The molecule has 0 aliphatic carbocycles. The van der Waals surface area contributed by atoms with Crippen LogP contribution in [0, 0.1) is 5.92 Å². The van der Waals surface area contributed by atoms with Crippen LogP contribution in [0.1, 0.15) is 62.7 Å². The maximum Gasteiger partial charge on any atom is 0.265 e. The largest absolute Gasteiger partial charge is 0.287 e. The molecule has 0 spiro atoms. The number of rotatable bonds is 11. The van der Waals surface area contributed by atoms with Gasteiger partial charge in [0.05, 0.1) is 0 Å². The summed E-state index contributed by atoms with van der Waals surface area (Å²) in [5.41, 5.74) is 6.69. The molecule has 2 atom stereocenters. The van der Waals surface area contributed by atoms with Gasteiger partial charge < -0.3 is 0 Å². The summed E-state index contributed by atoms with van der Waals surface area (Å²) in [6, 6.07) is 9.50. The molecule has 1 rings (SSSR count). The Labute approximate surface area is 135 Å². The van der Waals surface area contributed by atoms with Crippen LogP contribution in [0.25, 0.3) is 0 Å². The molecule has 0 aliphatic rings. The molecule has 0 saturated heterocycles. The van der Waals surface area contributed by atoms with E-state index >= 15 is 0 Å². The number of carbonyl (C=O) groups excluding carboxylic acids is 1. The van der Waals surface area contributed by atoms with E-state index in [-0.39, 0.29) is 11.9 Å². The first kappa shape index (κ1) is 18.4. The normalized spacial score (nSPS) is 13.4. The van der Waals surface area contributed by atoms with Crippen molar-refractivity contribution in [2.24, 2.45) is 5.92 Å². The van der Waals surface area contributed by atoms with Gasteiger partial charge in [-0.1, -0.05) is 70.2 Å². The molecular formula is C19H30N2O. The summed E-state index contributed by atoms with van der Waals surface area (Å²) in [6.07, 6.45) is 9.28. The van der Waals surface area contributed by atoms with Crippen molar-refractivity contribution >= 4 is 5.91 Å². The summed E-state index contributed by atoms with van der Waals surface area (Å²) < 4.78 is 0. The van der Waals surface area contributed by atoms with Crippen LogP contribution in [0.4, 0.5) is 0 Å². The Balaban J connectivity index is 2.41. The minimum Gasteiger partial charge on any atom is -0.287 e. The average molecular weight is 302 g/mol. The number of unbranched alkanes of at least 4 members (excludes halogenated alkanes) is 4. The number of benzene rings is 1. The van der Waals surface area contributed by atoms with Gasteiger partial charge in [-0.05, 0) is 24.5 Å². The van der Waals surface area contributed by atoms with Gasteiger partial charge in [0.2, 0.25) is 0 Å². The molecule has 1 aromatic rings. The van der Waals surface area contributed by atoms with E-state index in [1.165, 1.54) is 32.1 Å². The second-order valence-corrected chi connectivity index (χ2v) is 5.87. The second-order valence-electron chi connectivity index (χ2n) is 5.87. The Bertz CT molecular complexity index is 430. The summed E-state index contributed by atoms with van der Waals surface area (Å²) in [5.74, 6) is 0.232. The van der Waals surface area contributed by atoms with Crippen LogP contribution in [0.3, 0.4) is 0 Å². The molecule has 0 saturated carbocycles. The maximum absolute atomic E-state index is 12.1. The van der Waals surface area contributed by atoms with Crippen LogP contribution in [0.15, 0.2) is 43.0 Å². The maximum atomic E-state index is 12.1. The molecule has 0 aromatic heterocycles. The van der Waals surface area contributed by atoms with Gasteiger partial charge in [0.25, 0.3) is 5.91 Å². The van der Waals surface area contributed by atoms with E-state index in [0.717, 1.165) is 6.42 Å². The monoisotopic (exact) mass is 302 g/mol. The molecule has 0 radical (unpaired) electrons. The van der Waals surface area contributed by atoms with E-state index in [1.807, 2.05) is 36.4 Å². The highest BCUT2D eigenvalue weighted by Gasteiger charge is 2.15. The minimum atomic E-state index is -0.0900. The molecule has 2 N–H and O–H groups in total. The first-order chi connectivity index (χ1) is 10.7. The SMILES string of the molecule is C=C[C@@H](C)[C@@H](CCCCCCC)NNC(=O)c1ccccc1. The summed E-state index contributed by atoms with van der Waals surface area (Å²) in [5, 5.41) is 0. The molecule has 0 bridgehead atoms. The number of hydrogen-bond acceptors (Lipinski definition) is 2. The molecule has 0 heterocycles. The Morgan fingerprint density at radius 2 is 1.86 bits per heavy atom. The number of hydrogen-bond donors (Lipinski definition) is 2. The van der Waals surface area contributed by atoms with Crippen molar-refractivity contribution in [1.29, 1.82) is 0 Å². The van der Waals surface area contributed by atoms with Crippen LogP contribution in [-0.2, 0) is 0 Å². The van der Waals surface area contributed by atoms with Gasteiger partial charge in [-0.15, -0.1) is 6.58 Å². The van der Waals surface area contributed by atoms with Gasteiger partial charge in [0.15, 0.2) is 0 Å². The van der Waals surface area contributed by atoms with Gasteiger partial charge in [-0.25, -0.2) is 5.43 Å². The Morgan fingerprint density at radius 1 is 1.18 bits per heavy atom. The van der Waals surface area contributed by atoms with Crippen molar-refractivity contribution in [2.45, 2.75) is 58.4 Å². The molecule has 3 nitrogen and oxygen atoms in total. The minimum absolute atomic E-state index is 0.0900. The highest BCUT2D eigenvalue weighted by Crippen LogP contribution is 2.13. The highest BCUT2D eigenvalue weighted by molar-refractivity contribution is 5.93. The standard InChI is InChI=1S/C19H30N2O/c1-4-6-7-8-12-15-18(16(3)5-2)20-21-19(22)17-13-10-9-11-14-17/h5,9-11,13-14,16,18,20H,2,4,6-8,12,15H2,1,3H3,(H,21,22)/t16-,18-/m1/s1. The fourth-order valence-corrected chi connectivity index (χ4v) is 2.42. The van der Waals surface area contributed by atoms with E-state index in [1.54, 1.807) is 0 Å². The topological polar surface area (TPSA) is 41.1 Å². The van der Waals surface area contributed by atoms with Crippen molar-refractivity contribution in [3.63, 3.8) is 0 Å². The van der Waals surface area contributed by atoms with Crippen LogP contribution in [0.5, 0.6) is 0 Å². The second kappa shape index (κ2) is 11.0. The van der Waals surface area contributed by atoms with E-state index in [0.29, 0.717) is 11.5 Å². The molecule has 122 valence electrons. The van der Waals surface area contributed by atoms with Crippen molar-refractivity contribution in [3.05, 3.63) is 48.6 Å². The predicted octanol–water partition coefficient (Wildman–Crippen LogP) is 4.47. The Morgan fingerprint density at radius 3 is 2.50 bits per heavy atom. The molecule has 0 unspecified atom stereocenters. The van der Waals surface area contributed by atoms with Gasteiger partial charge >= 0.3 is 0 Å². The third kappa shape index (κ3) is 6.90. The van der Waals surface area contributed by atoms with Gasteiger partial charge in [0.1, 0.15) is 0 Å². The summed E-state index contributed by atoms with van der Waals surface area (Å²) >= 11 is 0. The van der Waals surface area contributed by atoms with Crippen LogP contribution < -0.4 is 10.9 Å². The van der Waals surface area contributed by atoms with Crippen LogP contribution in [0.2, 0.25) is 0 Å². The van der Waals surface area contributed by atoms with Gasteiger partial charge in [0, 0.05) is 11.6 Å². The number of amides is 1. The fourth-order valence-electron chi connectivity index (χ4n) is 2.42. The number of nitrogens with one attached hydrogen (secondary N) is 2. The van der Waals surface area contributed by atoms with Crippen molar-refractivity contribution in [2.75, 3.05) is 0 Å². The lowest BCUT2D eigenvalue weighted by Crippen LogP contribution is -2.46. The fraction of sp³-hybridized carbons (Fsp3) is 0.526. The molecule has 0 fully saturated rings. The molecule has 1 amide bonds. The first-order valence-electron chi connectivity index (χ1n) is 8.42. The highest BCUT2D eigenvalue weighted by atomic mass is 16.2. The molecule has 22 heavy (non-hydrogen) atoms. The first-order valence-corrected chi connectivity index (χ1v) is 8.42. The summed E-state index contributed by atoms with van der Waals surface area (Å²) in [4.78, 5) is 12.1. The van der Waals surface area contributed by atoms with Crippen molar-refractivity contribution in [3.8, 4) is 0 Å². The van der Waals surface area contributed by atoms with Crippen molar-refractivity contribution in [1.82, 2.24) is 10.9 Å².